The van der Waals surface area contributed by atoms with Gasteiger partial charge in [0, 0.05) is 155 Å². The summed E-state index contributed by atoms with van der Waals surface area (Å²) in [4.78, 5) is 39.0. The van der Waals surface area contributed by atoms with E-state index in [4.69, 9.17) is 4.42 Å². The van der Waals surface area contributed by atoms with Crippen LogP contribution in [0.3, 0.4) is 0 Å². The molecular formula is C115H83N13OS3. The highest BCUT2D eigenvalue weighted by molar-refractivity contribution is 7.27. The molecule has 0 radical (unpaired) electrons. The molecule has 0 aliphatic heterocycles. The summed E-state index contributed by atoms with van der Waals surface area (Å²) in [5.74, 6) is 2.98. The highest BCUT2D eigenvalue weighted by Crippen LogP contribution is 2.50. The summed E-state index contributed by atoms with van der Waals surface area (Å²) in [6.07, 6.45) is 11.6. The van der Waals surface area contributed by atoms with Gasteiger partial charge in [0.2, 0.25) is 5.95 Å². The van der Waals surface area contributed by atoms with E-state index in [0.29, 0.717) is 17.6 Å². The first-order chi connectivity index (χ1) is 63.5. The van der Waals surface area contributed by atoms with E-state index in [2.05, 4.69) is 391 Å². The molecule has 28 rings (SSSR count). The molecule has 16 aromatic carbocycles. The molecule has 0 amide bonds. The molecular weight excluding hydrogens is 1680 g/mol. The monoisotopic (exact) mass is 1760 g/mol. The van der Waals surface area contributed by atoms with Crippen molar-refractivity contribution in [1.82, 2.24) is 63.1 Å². The first-order valence-electron chi connectivity index (χ1n) is 42.2. The minimum absolute atomic E-state index is 0. The number of nitrogens with zero attached hydrogens (tertiary/aromatic N) is 13. The molecule has 0 spiro atoms. The zero-order valence-corrected chi connectivity index (χ0v) is 70.6. The van der Waals surface area contributed by atoms with Crippen LogP contribution < -0.4 is 0 Å². The molecule has 17 heteroatoms. The SMILES string of the molecule is C.C.C.C.c1ccc(-c2ccc3c(c2)c2c4c(ccc2n3-c2ncccn2)sc2ccccc24)cc1.c1ccc(-n2c3ccc(-c4ccc(-c5ncncn5)cc4)cc3c3c4c(ccc32)sc2ccccc24)cc1.c1ccc(-n2c3ccc(-c4ncncn4)cc3c3c4c(ccc32)sc2ccccc24)cc1.c1ccc(-n2c3ccccc3c3c4c(ccc32)oc2ccccc24)nc1. The van der Waals surface area contributed by atoms with Crippen molar-refractivity contribution < 1.29 is 4.42 Å². The largest absolute Gasteiger partial charge is 0.456 e. The number of hydrogen-bond acceptors (Lipinski definition) is 13. The Morgan fingerprint density at radius 1 is 0.205 bits per heavy atom. The van der Waals surface area contributed by atoms with E-state index in [1.165, 1.54) is 166 Å². The quantitative estimate of drug-likeness (QED) is 0.144. The molecule has 0 saturated heterocycles. The summed E-state index contributed by atoms with van der Waals surface area (Å²) >= 11 is 5.56. The van der Waals surface area contributed by atoms with Crippen molar-refractivity contribution in [2.45, 2.75) is 29.7 Å². The van der Waals surface area contributed by atoms with Gasteiger partial charge in [-0.1, -0.05) is 230 Å². The molecule has 132 heavy (non-hydrogen) atoms. The van der Waals surface area contributed by atoms with E-state index in [-0.39, 0.29) is 29.7 Å². The van der Waals surface area contributed by atoms with Crippen LogP contribution in [0.5, 0.6) is 0 Å². The Morgan fingerprint density at radius 3 is 1.08 bits per heavy atom. The molecule has 0 aliphatic carbocycles. The molecule has 12 heterocycles. The Labute approximate surface area is 771 Å². The number of furan rings is 1. The Bertz CT molecular complexity index is 8930. The van der Waals surface area contributed by atoms with Crippen LogP contribution in [0, 0.1) is 0 Å². The van der Waals surface area contributed by atoms with E-state index < -0.39 is 0 Å². The summed E-state index contributed by atoms with van der Waals surface area (Å²) in [7, 11) is 0. The second-order valence-electron chi connectivity index (χ2n) is 31.6. The Kier molecular flexibility index (Phi) is 21.4. The maximum atomic E-state index is 6.10. The fourth-order valence-corrected chi connectivity index (χ4v) is 22.4. The third-order valence-electron chi connectivity index (χ3n) is 24.5. The highest BCUT2D eigenvalue weighted by Gasteiger charge is 2.25. The normalized spacial score (nSPS) is 11.4. The summed E-state index contributed by atoms with van der Waals surface area (Å²) in [6, 6.07) is 129. The molecule has 632 valence electrons. The van der Waals surface area contributed by atoms with Crippen molar-refractivity contribution >= 4 is 204 Å². The van der Waals surface area contributed by atoms with Crippen molar-refractivity contribution in [3.05, 3.63) is 408 Å². The van der Waals surface area contributed by atoms with Gasteiger partial charge in [-0.05, 0) is 186 Å². The van der Waals surface area contributed by atoms with Gasteiger partial charge in [-0.2, -0.15) is 0 Å². The van der Waals surface area contributed by atoms with Crippen LogP contribution in [-0.4, -0.2) is 63.1 Å². The third-order valence-corrected chi connectivity index (χ3v) is 27.9. The predicted octanol–water partition coefficient (Wildman–Crippen LogP) is 31.9. The number of hydrogen-bond donors (Lipinski definition) is 0. The van der Waals surface area contributed by atoms with Crippen molar-refractivity contribution in [3.8, 4) is 68.2 Å². The smallest absolute Gasteiger partial charge is 0.234 e. The lowest BCUT2D eigenvalue weighted by molar-refractivity contribution is 0.669. The van der Waals surface area contributed by atoms with Gasteiger partial charge in [0.1, 0.15) is 42.3 Å². The lowest BCUT2D eigenvalue weighted by Crippen LogP contribution is -1.99. The Balaban J connectivity index is 0.000000106. The number of thiophene rings is 3. The summed E-state index contributed by atoms with van der Waals surface area (Å²) < 4.78 is 23.1. The van der Waals surface area contributed by atoms with E-state index in [9.17, 15) is 0 Å². The van der Waals surface area contributed by atoms with Gasteiger partial charge in [-0.25, -0.2) is 44.9 Å². The predicted molar refractivity (Wildman–Crippen MR) is 558 cm³/mol. The van der Waals surface area contributed by atoms with E-state index in [0.717, 1.165) is 66.8 Å². The zero-order chi connectivity index (χ0) is 84.3. The zero-order valence-electron chi connectivity index (χ0n) is 68.1. The molecule has 14 nitrogen and oxygen atoms in total. The van der Waals surface area contributed by atoms with E-state index in [1.807, 2.05) is 76.6 Å². The van der Waals surface area contributed by atoms with Crippen molar-refractivity contribution in [1.29, 1.82) is 0 Å². The standard InChI is InChI=1S/C33H20N4S.C28H17N3S.C27H16N4S.C23H14N2O.4CH4/c1-2-6-24(7-3-1)37-27-15-14-23(21-10-12-22(13-11-21)33-35-19-34-20-36-33)18-26(27)31-28(37)16-17-30-32(31)25-8-4-5-9-29(25)38-30;1-2-7-18(8-3-1)19-11-12-22-21(17-19)26-23(31(22)28-29-15-6-16-30-28)13-14-25-27(26)20-9-4-5-10-24(20)32-25;1-2-6-18(7-3-1)31-21-11-10-17(27-29-15-28-16-30-27)14-20(21)25-22(31)12-13-24-26(25)19-8-4-5-9-23(19)32-24;1-3-9-17-15(7-1)22-18(25(17)21-11-5-6-14-24-21)12-13-20-23(22)16-8-2-4-10-19(16)26-20;;;;/h1-20H;1-17H;1-16H;1-14H;4*1H4. The van der Waals surface area contributed by atoms with Crippen LogP contribution in [-0.2, 0) is 0 Å². The first-order valence-corrected chi connectivity index (χ1v) is 44.7. The molecule has 12 aromatic heterocycles. The summed E-state index contributed by atoms with van der Waals surface area (Å²) in [5, 5.41) is 20.2. The second kappa shape index (κ2) is 34.2. The molecule has 0 aliphatic rings. The molecule has 0 unspecified atom stereocenters. The number of para-hydroxylation sites is 4. The topological polar surface area (TPSA) is 149 Å². The number of fused-ring (bicyclic) bond motifs is 28. The maximum absolute atomic E-state index is 6.10. The van der Waals surface area contributed by atoms with Gasteiger partial charge >= 0.3 is 0 Å². The summed E-state index contributed by atoms with van der Waals surface area (Å²) in [5.41, 5.74) is 20.3. The summed E-state index contributed by atoms with van der Waals surface area (Å²) in [6.45, 7) is 0. The Morgan fingerprint density at radius 2 is 0.568 bits per heavy atom. The van der Waals surface area contributed by atoms with Crippen LogP contribution in [0.15, 0.2) is 412 Å². The van der Waals surface area contributed by atoms with Crippen molar-refractivity contribution in [2.24, 2.45) is 0 Å². The van der Waals surface area contributed by atoms with E-state index in [1.54, 1.807) is 25.0 Å². The van der Waals surface area contributed by atoms with Gasteiger partial charge in [0.25, 0.3) is 0 Å². The molecule has 0 N–H and O–H groups in total. The third kappa shape index (κ3) is 13.7. The van der Waals surface area contributed by atoms with Crippen LogP contribution in [0.4, 0.5) is 0 Å². The van der Waals surface area contributed by atoms with Gasteiger partial charge < -0.3 is 13.6 Å². The van der Waals surface area contributed by atoms with Crippen LogP contribution in [0.2, 0.25) is 0 Å². The van der Waals surface area contributed by atoms with Crippen LogP contribution in [0.25, 0.3) is 238 Å². The van der Waals surface area contributed by atoms with Gasteiger partial charge in [-0.15, -0.1) is 34.0 Å². The Hall–Kier alpha value is -16.6. The lowest BCUT2D eigenvalue weighted by atomic mass is 10.00. The maximum Gasteiger partial charge on any atom is 0.234 e. The number of benzene rings is 16. The van der Waals surface area contributed by atoms with Gasteiger partial charge in [-0.3, -0.25) is 9.13 Å². The number of rotatable bonds is 8. The molecule has 0 atom stereocenters. The highest BCUT2D eigenvalue weighted by atomic mass is 32.1. The minimum Gasteiger partial charge on any atom is -0.456 e. The number of pyridine rings is 1. The fraction of sp³-hybridized carbons (Fsp3) is 0.0348. The molecule has 0 bridgehead atoms. The first kappa shape index (κ1) is 82.4. The van der Waals surface area contributed by atoms with Gasteiger partial charge in [0.15, 0.2) is 11.6 Å². The van der Waals surface area contributed by atoms with Crippen molar-refractivity contribution in [3.63, 3.8) is 0 Å². The second-order valence-corrected chi connectivity index (χ2v) is 34.8. The molecule has 28 aromatic rings. The average molecular weight is 1760 g/mol. The van der Waals surface area contributed by atoms with Gasteiger partial charge in [0.05, 0.1) is 44.1 Å². The number of aromatic nitrogens is 13. The van der Waals surface area contributed by atoms with Crippen LogP contribution >= 0.6 is 34.0 Å². The van der Waals surface area contributed by atoms with Crippen LogP contribution in [0.1, 0.15) is 29.7 Å². The minimum atomic E-state index is 0. The average Bonchev–Trinajstić information content (AvgIpc) is 1.57. The van der Waals surface area contributed by atoms with E-state index >= 15 is 0 Å². The molecule has 0 saturated carbocycles. The van der Waals surface area contributed by atoms with Crippen molar-refractivity contribution in [2.75, 3.05) is 0 Å². The lowest BCUT2D eigenvalue weighted by Gasteiger charge is -2.08. The molecule has 0 fully saturated rings. The fourth-order valence-electron chi connectivity index (χ4n) is 19.0.